The van der Waals surface area contributed by atoms with Gasteiger partial charge >= 0.3 is 6.18 Å². The van der Waals surface area contributed by atoms with Gasteiger partial charge in [-0.15, -0.1) is 0 Å². The van der Waals surface area contributed by atoms with Crippen LogP contribution in [0.25, 0.3) is 0 Å². The van der Waals surface area contributed by atoms with Gasteiger partial charge in [0.05, 0.1) is 5.56 Å². The molecule has 0 saturated carbocycles. The Morgan fingerprint density at radius 3 is 2.17 bits per heavy atom. The lowest BCUT2D eigenvalue weighted by Crippen LogP contribution is -2.24. The van der Waals surface area contributed by atoms with Crippen LogP contribution in [0.1, 0.15) is 31.9 Å². The zero-order valence-corrected chi connectivity index (χ0v) is 11.1. The topological polar surface area (TPSA) is 35.2 Å². The molecule has 2 N–H and O–H groups in total. The van der Waals surface area contributed by atoms with Crippen LogP contribution in [0.15, 0.2) is 18.2 Å². The van der Waals surface area contributed by atoms with Crippen molar-refractivity contribution in [3.63, 3.8) is 0 Å². The van der Waals surface area contributed by atoms with Crippen LogP contribution < -0.4 is 10.5 Å². The van der Waals surface area contributed by atoms with Crippen LogP contribution >= 0.6 is 12.2 Å². The molecular weight excluding hydrogens is 263 g/mol. The van der Waals surface area contributed by atoms with Crippen molar-refractivity contribution in [1.82, 2.24) is 0 Å². The molecule has 0 amide bonds. The average Bonchev–Trinajstić information content (AvgIpc) is 2.12. The third-order valence-electron chi connectivity index (χ3n) is 1.99. The fourth-order valence-electron chi connectivity index (χ4n) is 1.39. The van der Waals surface area contributed by atoms with Crippen LogP contribution in [0.3, 0.4) is 0 Å². The van der Waals surface area contributed by atoms with Gasteiger partial charge in [-0.05, 0) is 39.0 Å². The summed E-state index contributed by atoms with van der Waals surface area (Å²) in [6.07, 6.45) is -4.49. The monoisotopic (exact) mass is 277 g/mol. The Morgan fingerprint density at radius 2 is 1.78 bits per heavy atom. The lowest BCUT2D eigenvalue weighted by Gasteiger charge is -2.22. The van der Waals surface area contributed by atoms with E-state index in [9.17, 15) is 13.2 Å². The predicted octanol–water partition coefficient (Wildman–Crippen LogP) is 3.52. The van der Waals surface area contributed by atoms with E-state index in [0.717, 1.165) is 6.07 Å². The number of halogens is 3. The number of alkyl halides is 3. The van der Waals surface area contributed by atoms with E-state index in [1.807, 2.05) is 0 Å². The number of thiocarbonyl (C=S) groups is 1. The molecule has 0 saturated heterocycles. The van der Waals surface area contributed by atoms with Gasteiger partial charge < -0.3 is 10.5 Å². The molecule has 0 bridgehead atoms. The Labute approximate surface area is 109 Å². The zero-order chi connectivity index (χ0) is 14.1. The highest BCUT2D eigenvalue weighted by atomic mass is 32.1. The summed E-state index contributed by atoms with van der Waals surface area (Å²) in [5, 5.41) is 0. The van der Waals surface area contributed by atoms with E-state index in [4.69, 9.17) is 10.5 Å². The summed E-state index contributed by atoms with van der Waals surface area (Å²) in [5.74, 6) is 0.304. The summed E-state index contributed by atoms with van der Waals surface area (Å²) in [4.78, 5) is -0.304. The highest BCUT2D eigenvalue weighted by molar-refractivity contribution is 7.80. The number of rotatable bonds is 2. The van der Waals surface area contributed by atoms with Crippen LogP contribution in [0.4, 0.5) is 13.2 Å². The molecule has 1 rings (SSSR count). The number of ether oxygens (including phenoxy) is 1. The van der Waals surface area contributed by atoms with E-state index >= 15 is 0 Å². The van der Waals surface area contributed by atoms with Gasteiger partial charge in [-0.3, -0.25) is 0 Å². The highest BCUT2D eigenvalue weighted by Crippen LogP contribution is 2.34. The van der Waals surface area contributed by atoms with Crippen molar-refractivity contribution >= 4 is 17.2 Å². The van der Waals surface area contributed by atoms with Crippen LogP contribution in [0.5, 0.6) is 5.75 Å². The van der Waals surface area contributed by atoms with Gasteiger partial charge in [-0.2, -0.15) is 13.2 Å². The van der Waals surface area contributed by atoms with Crippen LogP contribution in [-0.2, 0) is 6.18 Å². The third kappa shape index (κ3) is 3.87. The third-order valence-corrected chi connectivity index (χ3v) is 2.21. The fraction of sp³-hybridized carbons (Fsp3) is 0.417. The van der Waals surface area contributed by atoms with Crippen molar-refractivity contribution in [2.75, 3.05) is 0 Å². The molecule has 0 aliphatic heterocycles. The van der Waals surface area contributed by atoms with E-state index in [0.29, 0.717) is 5.75 Å². The standard InChI is InChI=1S/C12H14F3NOS/c1-11(2,3)17-7-4-5-9(12(13,14)15)8(6-7)10(16)18/h4-6H,1-3H3,(H2,16,18). The number of hydrogen-bond acceptors (Lipinski definition) is 2. The molecule has 0 fully saturated rings. The maximum atomic E-state index is 12.7. The van der Waals surface area contributed by atoms with Gasteiger partial charge in [-0.25, -0.2) is 0 Å². The zero-order valence-electron chi connectivity index (χ0n) is 10.3. The second kappa shape index (κ2) is 4.76. The van der Waals surface area contributed by atoms with Gasteiger partial charge in [0.1, 0.15) is 16.3 Å². The Balaban J connectivity index is 3.24. The van der Waals surface area contributed by atoms with Crippen molar-refractivity contribution in [3.8, 4) is 5.75 Å². The molecule has 1 aromatic rings. The molecule has 18 heavy (non-hydrogen) atoms. The lowest BCUT2D eigenvalue weighted by molar-refractivity contribution is -0.137. The van der Waals surface area contributed by atoms with Gasteiger partial charge in [0.15, 0.2) is 0 Å². The quantitative estimate of drug-likeness (QED) is 0.840. The first kappa shape index (κ1) is 14.8. The second-order valence-corrected chi connectivity index (χ2v) is 5.22. The summed E-state index contributed by atoms with van der Waals surface area (Å²) in [6, 6.07) is 3.40. The molecule has 100 valence electrons. The molecule has 0 atom stereocenters. The lowest BCUT2D eigenvalue weighted by atomic mass is 10.1. The highest BCUT2D eigenvalue weighted by Gasteiger charge is 2.34. The molecule has 0 heterocycles. The molecule has 0 radical (unpaired) electrons. The summed E-state index contributed by atoms with van der Waals surface area (Å²) >= 11 is 4.64. The Morgan fingerprint density at radius 1 is 1.22 bits per heavy atom. The van der Waals surface area contributed by atoms with Gasteiger partial charge in [0, 0.05) is 5.56 Å². The van der Waals surface area contributed by atoms with E-state index in [-0.39, 0.29) is 10.6 Å². The van der Waals surface area contributed by atoms with E-state index in [2.05, 4.69) is 12.2 Å². The van der Waals surface area contributed by atoms with Gasteiger partial charge in [-0.1, -0.05) is 12.2 Å². The Kier molecular flexibility index (Phi) is 3.90. The molecular formula is C12H14F3NOS. The minimum absolute atomic E-state index is 0.223. The minimum Gasteiger partial charge on any atom is -0.488 e. The molecule has 0 aliphatic rings. The van der Waals surface area contributed by atoms with Crippen molar-refractivity contribution < 1.29 is 17.9 Å². The average molecular weight is 277 g/mol. The summed E-state index contributed by atoms with van der Waals surface area (Å²) < 4.78 is 43.6. The molecule has 0 unspecified atom stereocenters. The normalized spacial score (nSPS) is 12.3. The van der Waals surface area contributed by atoms with Crippen LogP contribution in [-0.4, -0.2) is 10.6 Å². The van der Waals surface area contributed by atoms with Crippen molar-refractivity contribution in [2.24, 2.45) is 5.73 Å². The largest absolute Gasteiger partial charge is 0.488 e. The van der Waals surface area contributed by atoms with Crippen molar-refractivity contribution in [1.29, 1.82) is 0 Å². The Hall–Kier alpha value is -1.30. The molecule has 0 aliphatic carbocycles. The first-order valence-corrected chi connectivity index (χ1v) is 5.61. The minimum atomic E-state index is -4.49. The summed E-state index contributed by atoms with van der Waals surface area (Å²) in [6.45, 7) is 5.39. The second-order valence-electron chi connectivity index (χ2n) is 4.78. The SMILES string of the molecule is CC(C)(C)Oc1ccc(C(F)(F)F)c(C(N)=S)c1. The molecule has 0 aromatic heterocycles. The number of benzene rings is 1. The molecule has 2 nitrogen and oxygen atoms in total. The summed E-state index contributed by atoms with van der Waals surface area (Å²) in [7, 11) is 0. The number of hydrogen-bond donors (Lipinski definition) is 1. The predicted molar refractivity (Wildman–Crippen MR) is 67.7 cm³/mol. The van der Waals surface area contributed by atoms with Gasteiger partial charge in [0.2, 0.25) is 0 Å². The molecule has 1 aromatic carbocycles. The van der Waals surface area contributed by atoms with Crippen LogP contribution in [0, 0.1) is 0 Å². The van der Waals surface area contributed by atoms with E-state index in [1.54, 1.807) is 20.8 Å². The first-order chi connectivity index (χ1) is 8.00. The fourth-order valence-corrected chi connectivity index (χ4v) is 1.56. The molecule has 6 heteroatoms. The maximum Gasteiger partial charge on any atom is 0.417 e. The summed E-state index contributed by atoms with van der Waals surface area (Å²) in [5.41, 5.74) is 3.74. The Bertz CT molecular complexity index is 463. The number of nitrogens with two attached hydrogens (primary N) is 1. The first-order valence-electron chi connectivity index (χ1n) is 5.21. The smallest absolute Gasteiger partial charge is 0.417 e. The van der Waals surface area contributed by atoms with Crippen molar-refractivity contribution in [2.45, 2.75) is 32.5 Å². The van der Waals surface area contributed by atoms with Gasteiger partial charge in [0.25, 0.3) is 0 Å². The van der Waals surface area contributed by atoms with E-state index in [1.165, 1.54) is 12.1 Å². The maximum absolute atomic E-state index is 12.7. The molecule has 0 spiro atoms. The van der Waals surface area contributed by atoms with E-state index < -0.39 is 17.3 Å². The van der Waals surface area contributed by atoms with Crippen LogP contribution in [0.2, 0.25) is 0 Å². The van der Waals surface area contributed by atoms with Crippen molar-refractivity contribution in [3.05, 3.63) is 29.3 Å².